The molecule has 1 aromatic rings. The van der Waals surface area contributed by atoms with Crippen molar-refractivity contribution in [1.82, 2.24) is 4.90 Å². The number of nitrogens with zero attached hydrogens (tertiary/aromatic N) is 2. The summed E-state index contributed by atoms with van der Waals surface area (Å²) < 4.78 is 5.08. The lowest BCUT2D eigenvalue weighted by Crippen LogP contribution is -2.24. The number of hydrogen-bond donors (Lipinski definition) is 1. The zero-order valence-electron chi connectivity index (χ0n) is 11.4. The molecule has 2 aliphatic rings. The van der Waals surface area contributed by atoms with Gasteiger partial charge < -0.3 is 15.0 Å². The Morgan fingerprint density at radius 1 is 1.57 bits per heavy atom. The third kappa shape index (κ3) is 3.01. The zero-order valence-corrected chi connectivity index (χ0v) is 13.0. The van der Waals surface area contributed by atoms with Crippen LogP contribution in [-0.4, -0.2) is 36.2 Å². The van der Waals surface area contributed by atoms with Crippen molar-refractivity contribution in [3.63, 3.8) is 0 Å². The lowest BCUT2D eigenvalue weighted by molar-refractivity contribution is -0.115. The van der Waals surface area contributed by atoms with Crippen LogP contribution in [0.2, 0.25) is 5.02 Å². The topological polar surface area (TPSA) is 53.9 Å². The number of carbonyl (C=O) groups is 1. The van der Waals surface area contributed by atoms with Gasteiger partial charge in [-0.2, -0.15) is 0 Å². The molecule has 0 atom stereocenters. The minimum Gasteiger partial charge on any atom is -0.495 e. The van der Waals surface area contributed by atoms with E-state index in [0.29, 0.717) is 22.9 Å². The summed E-state index contributed by atoms with van der Waals surface area (Å²) in [5, 5.41) is 6.29. The van der Waals surface area contributed by atoms with Crippen LogP contribution in [0.3, 0.4) is 0 Å². The molecule has 1 aromatic carbocycles. The Morgan fingerprint density at radius 2 is 2.43 bits per heavy atom. The van der Waals surface area contributed by atoms with Crippen molar-refractivity contribution < 1.29 is 9.53 Å². The summed E-state index contributed by atoms with van der Waals surface area (Å²) in [7, 11) is 1.55. The number of methoxy groups -OCH3 is 1. The fraction of sp³-hybridized carbons (Fsp3) is 0.286. The second kappa shape index (κ2) is 5.99. The van der Waals surface area contributed by atoms with Gasteiger partial charge in [0.15, 0.2) is 5.17 Å². The van der Waals surface area contributed by atoms with E-state index in [9.17, 15) is 4.79 Å². The fourth-order valence-corrected chi connectivity index (χ4v) is 3.44. The predicted molar refractivity (Wildman–Crippen MR) is 85.9 cm³/mol. The minimum atomic E-state index is -0.0729. The van der Waals surface area contributed by atoms with Gasteiger partial charge in [0.2, 0.25) is 5.91 Å². The summed E-state index contributed by atoms with van der Waals surface area (Å²) in [6.07, 6.45) is 0.329. The van der Waals surface area contributed by atoms with Crippen LogP contribution in [-0.2, 0) is 4.79 Å². The Labute approximate surface area is 132 Å². The number of anilines is 1. The molecule has 21 heavy (non-hydrogen) atoms. The lowest BCUT2D eigenvalue weighted by Gasteiger charge is -2.16. The Morgan fingerprint density at radius 3 is 3.19 bits per heavy atom. The molecule has 0 aliphatic carbocycles. The van der Waals surface area contributed by atoms with Crippen molar-refractivity contribution >= 4 is 40.1 Å². The highest BCUT2D eigenvalue weighted by atomic mass is 35.5. The highest BCUT2D eigenvalue weighted by Gasteiger charge is 2.27. The first kappa shape index (κ1) is 14.3. The van der Waals surface area contributed by atoms with E-state index in [0.717, 1.165) is 24.0 Å². The van der Waals surface area contributed by atoms with Crippen molar-refractivity contribution in [1.29, 1.82) is 0 Å². The molecule has 0 spiro atoms. The smallest absolute Gasteiger partial charge is 0.230 e. The zero-order chi connectivity index (χ0) is 14.8. The Balaban J connectivity index is 1.62. The Hall–Kier alpha value is -1.66. The molecule has 0 bridgehead atoms. The third-order valence-electron chi connectivity index (χ3n) is 3.23. The number of halogens is 1. The monoisotopic (exact) mass is 323 g/mol. The van der Waals surface area contributed by atoms with E-state index in [1.807, 2.05) is 5.41 Å². The van der Waals surface area contributed by atoms with Crippen LogP contribution in [0.4, 0.5) is 5.69 Å². The van der Waals surface area contributed by atoms with E-state index in [1.165, 1.54) is 0 Å². The van der Waals surface area contributed by atoms with Crippen molar-refractivity contribution in [2.75, 3.05) is 25.5 Å². The molecular formula is C14H14ClN3O2S. The van der Waals surface area contributed by atoms with Crippen molar-refractivity contribution in [3.05, 3.63) is 34.3 Å². The quantitative estimate of drug-likeness (QED) is 0.925. The Bertz CT molecular complexity index is 645. The number of aliphatic imine (C=N–C) groups is 1. The molecule has 1 N–H and O–H groups in total. The second-order valence-corrected chi connectivity index (χ2v) is 5.86. The molecule has 0 fully saturated rings. The molecule has 0 saturated heterocycles. The molecule has 0 unspecified atom stereocenters. The highest BCUT2D eigenvalue weighted by molar-refractivity contribution is 8.16. The van der Waals surface area contributed by atoms with Crippen molar-refractivity contribution in [2.45, 2.75) is 6.42 Å². The molecule has 7 heteroatoms. The van der Waals surface area contributed by atoms with Gasteiger partial charge in [-0.25, -0.2) is 0 Å². The average Bonchev–Trinajstić information content (AvgIpc) is 3.04. The number of rotatable bonds is 4. The maximum atomic E-state index is 12.1. The number of benzene rings is 1. The van der Waals surface area contributed by atoms with Gasteiger partial charge in [0, 0.05) is 17.9 Å². The maximum absolute atomic E-state index is 12.1. The number of thioether (sulfide) groups is 1. The fourth-order valence-electron chi connectivity index (χ4n) is 2.23. The number of ether oxygens (including phenoxy) is 1. The molecule has 0 saturated carbocycles. The van der Waals surface area contributed by atoms with E-state index >= 15 is 0 Å². The third-order valence-corrected chi connectivity index (χ3v) is 4.47. The van der Waals surface area contributed by atoms with Crippen LogP contribution in [0, 0.1) is 0 Å². The van der Waals surface area contributed by atoms with Gasteiger partial charge in [0.25, 0.3) is 0 Å². The van der Waals surface area contributed by atoms with Gasteiger partial charge in [-0.05, 0) is 23.6 Å². The molecule has 0 radical (unpaired) electrons. The van der Waals surface area contributed by atoms with Gasteiger partial charge in [-0.15, -0.1) is 0 Å². The summed E-state index contributed by atoms with van der Waals surface area (Å²) in [6, 6.07) is 5.18. The number of hydrogen-bond acceptors (Lipinski definition) is 5. The summed E-state index contributed by atoms with van der Waals surface area (Å²) in [5.74, 6) is 0.513. The minimum absolute atomic E-state index is 0.0729. The number of fused-ring (bicyclic) bond motifs is 1. The maximum Gasteiger partial charge on any atom is 0.230 e. The molecule has 110 valence electrons. The van der Waals surface area contributed by atoms with Gasteiger partial charge >= 0.3 is 0 Å². The molecule has 1 amide bonds. The predicted octanol–water partition coefficient (Wildman–Crippen LogP) is 2.94. The standard InChI is InChI=1S/C14H14ClN3O2S/c1-20-12-3-2-9(6-11(12)15)17-13(19)7-10-8-21-14-16-4-5-18(10)14/h2-3,6,8H,4-5,7H2,1H3,(H,17,19). The molecule has 0 aromatic heterocycles. The number of amidine groups is 1. The van der Waals surface area contributed by atoms with Gasteiger partial charge in [-0.1, -0.05) is 23.4 Å². The molecule has 2 aliphatic heterocycles. The number of nitrogens with one attached hydrogen (secondary N) is 1. The van der Waals surface area contributed by atoms with Crippen LogP contribution in [0.15, 0.2) is 34.3 Å². The average molecular weight is 324 g/mol. The van der Waals surface area contributed by atoms with Crippen molar-refractivity contribution in [2.24, 2.45) is 4.99 Å². The van der Waals surface area contributed by atoms with Crippen LogP contribution in [0.25, 0.3) is 0 Å². The lowest BCUT2D eigenvalue weighted by atomic mass is 10.2. The number of carbonyl (C=O) groups excluding carboxylic acids is 1. The summed E-state index contributed by atoms with van der Waals surface area (Å²) in [5.41, 5.74) is 1.65. The molecule has 5 nitrogen and oxygen atoms in total. The van der Waals surface area contributed by atoms with Crippen LogP contribution in [0.1, 0.15) is 6.42 Å². The van der Waals surface area contributed by atoms with E-state index in [1.54, 1.807) is 37.1 Å². The van der Waals surface area contributed by atoms with E-state index in [-0.39, 0.29) is 5.91 Å². The first-order chi connectivity index (χ1) is 10.2. The molecule has 2 heterocycles. The van der Waals surface area contributed by atoms with Crippen LogP contribution < -0.4 is 10.1 Å². The van der Waals surface area contributed by atoms with Crippen LogP contribution >= 0.6 is 23.4 Å². The SMILES string of the molecule is COc1ccc(NC(=O)CC2=CSC3=NCCN23)cc1Cl. The van der Waals surface area contributed by atoms with E-state index in [2.05, 4.69) is 15.2 Å². The number of amides is 1. The molecule has 3 rings (SSSR count). The largest absolute Gasteiger partial charge is 0.495 e. The summed E-state index contributed by atoms with van der Waals surface area (Å²) in [6.45, 7) is 1.66. The van der Waals surface area contributed by atoms with Gasteiger partial charge in [-0.3, -0.25) is 9.79 Å². The van der Waals surface area contributed by atoms with Crippen LogP contribution in [0.5, 0.6) is 5.75 Å². The first-order valence-corrected chi connectivity index (χ1v) is 7.74. The normalized spacial score (nSPS) is 16.4. The highest BCUT2D eigenvalue weighted by Crippen LogP contribution is 2.31. The Kier molecular flexibility index (Phi) is 4.07. The summed E-state index contributed by atoms with van der Waals surface area (Å²) in [4.78, 5) is 18.6. The van der Waals surface area contributed by atoms with Gasteiger partial charge in [0.05, 0.1) is 25.1 Å². The van der Waals surface area contributed by atoms with E-state index < -0.39 is 0 Å². The van der Waals surface area contributed by atoms with Gasteiger partial charge in [0.1, 0.15) is 5.75 Å². The second-order valence-electron chi connectivity index (χ2n) is 4.62. The first-order valence-electron chi connectivity index (χ1n) is 6.48. The van der Waals surface area contributed by atoms with E-state index in [4.69, 9.17) is 16.3 Å². The summed E-state index contributed by atoms with van der Waals surface area (Å²) >= 11 is 7.61. The molecular weight excluding hydrogens is 310 g/mol. The van der Waals surface area contributed by atoms with Crippen molar-refractivity contribution in [3.8, 4) is 5.75 Å².